The van der Waals surface area contributed by atoms with E-state index in [1.807, 2.05) is 0 Å². The molecule has 2 aliphatic rings. The molecule has 0 aromatic carbocycles. The number of piperidine rings is 1. The molecule has 6 heteroatoms. The van der Waals surface area contributed by atoms with Crippen LogP contribution in [-0.2, 0) is 0 Å². The third-order valence-electron chi connectivity index (χ3n) is 3.68. The molecular weight excluding hydrogens is 228 g/mol. The smallest absolute Gasteiger partial charge is 0.228 e. The highest BCUT2D eigenvalue weighted by atomic mass is 15.3. The van der Waals surface area contributed by atoms with Gasteiger partial charge in [-0.1, -0.05) is 0 Å². The molecule has 1 aromatic rings. The number of nitrogens with zero attached hydrogens (tertiary/aromatic N) is 4. The Bertz CT molecular complexity index is 351. The highest BCUT2D eigenvalue weighted by Gasteiger charge is 2.20. The van der Waals surface area contributed by atoms with E-state index in [1.165, 1.54) is 0 Å². The molecule has 0 unspecified atom stereocenters. The average molecular weight is 248 g/mol. The fourth-order valence-corrected chi connectivity index (χ4v) is 2.59. The van der Waals surface area contributed by atoms with Crippen molar-refractivity contribution in [2.45, 2.75) is 18.8 Å². The number of anilines is 1. The molecule has 0 amide bonds. The van der Waals surface area contributed by atoms with Gasteiger partial charge >= 0.3 is 0 Å². The minimum absolute atomic E-state index is 0.496. The van der Waals surface area contributed by atoms with Crippen LogP contribution in [0.5, 0.6) is 0 Å². The summed E-state index contributed by atoms with van der Waals surface area (Å²) in [5.74, 6) is 2.32. The Kier molecular flexibility index (Phi) is 3.66. The van der Waals surface area contributed by atoms with Crippen LogP contribution in [0.4, 0.5) is 5.95 Å². The Morgan fingerprint density at radius 2 is 1.72 bits per heavy atom. The number of rotatable bonds is 2. The van der Waals surface area contributed by atoms with Crippen molar-refractivity contribution in [1.82, 2.24) is 25.6 Å². The Morgan fingerprint density at radius 3 is 2.50 bits per heavy atom. The van der Waals surface area contributed by atoms with Crippen molar-refractivity contribution >= 4 is 5.95 Å². The van der Waals surface area contributed by atoms with Crippen molar-refractivity contribution in [1.29, 1.82) is 0 Å². The zero-order valence-corrected chi connectivity index (χ0v) is 10.6. The predicted octanol–water partition coefficient (Wildman–Crippen LogP) is -0.252. The van der Waals surface area contributed by atoms with Crippen LogP contribution in [0.3, 0.4) is 0 Å². The van der Waals surface area contributed by atoms with Crippen molar-refractivity contribution in [3.05, 3.63) is 12.2 Å². The van der Waals surface area contributed by atoms with Gasteiger partial charge in [-0.25, -0.2) is 9.97 Å². The zero-order chi connectivity index (χ0) is 12.2. The van der Waals surface area contributed by atoms with E-state index in [2.05, 4.69) is 30.5 Å². The second-order valence-corrected chi connectivity index (χ2v) is 4.90. The lowest BCUT2D eigenvalue weighted by molar-refractivity contribution is 0.443. The normalized spacial score (nSPS) is 22.1. The molecule has 0 atom stereocenters. The molecule has 3 rings (SSSR count). The highest BCUT2D eigenvalue weighted by molar-refractivity contribution is 5.29. The van der Waals surface area contributed by atoms with Crippen LogP contribution in [0, 0.1) is 0 Å². The Morgan fingerprint density at radius 1 is 1.00 bits per heavy atom. The molecule has 98 valence electrons. The Labute approximate surface area is 107 Å². The van der Waals surface area contributed by atoms with Crippen LogP contribution in [0.15, 0.2) is 6.33 Å². The lowest BCUT2D eigenvalue weighted by atomic mass is 9.97. The van der Waals surface area contributed by atoms with Gasteiger partial charge in [-0.05, 0) is 25.9 Å². The monoisotopic (exact) mass is 248 g/mol. The van der Waals surface area contributed by atoms with Gasteiger partial charge in [0.05, 0.1) is 0 Å². The van der Waals surface area contributed by atoms with E-state index in [4.69, 9.17) is 0 Å². The van der Waals surface area contributed by atoms with Crippen molar-refractivity contribution in [3.8, 4) is 0 Å². The summed E-state index contributed by atoms with van der Waals surface area (Å²) in [6, 6.07) is 0. The predicted molar refractivity (Wildman–Crippen MR) is 69.8 cm³/mol. The summed E-state index contributed by atoms with van der Waals surface area (Å²) < 4.78 is 0. The van der Waals surface area contributed by atoms with Crippen LogP contribution in [0.25, 0.3) is 0 Å². The third kappa shape index (κ3) is 2.59. The third-order valence-corrected chi connectivity index (χ3v) is 3.68. The molecule has 18 heavy (non-hydrogen) atoms. The molecule has 3 heterocycles. The van der Waals surface area contributed by atoms with Gasteiger partial charge in [0.2, 0.25) is 5.95 Å². The Hall–Kier alpha value is -1.27. The van der Waals surface area contributed by atoms with Gasteiger partial charge in [0, 0.05) is 32.1 Å². The van der Waals surface area contributed by atoms with Gasteiger partial charge in [-0.15, -0.1) is 0 Å². The molecule has 2 fully saturated rings. The van der Waals surface area contributed by atoms with E-state index in [-0.39, 0.29) is 0 Å². The topological polar surface area (TPSA) is 66.0 Å². The quantitative estimate of drug-likeness (QED) is 0.752. The standard InChI is InChI=1S/C12H20N6/c1-3-13-4-2-10(1)11-15-9-16-12(17-11)18-7-5-14-6-8-18/h9-10,13-14H,1-8H2. The van der Waals surface area contributed by atoms with Gasteiger partial charge in [-0.2, -0.15) is 4.98 Å². The van der Waals surface area contributed by atoms with Crippen LogP contribution >= 0.6 is 0 Å². The van der Waals surface area contributed by atoms with E-state index < -0.39 is 0 Å². The molecule has 2 aliphatic heterocycles. The Balaban J connectivity index is 1.75. The van der Waals surface area contributed by atoms with Crippen LogP contribution in [-0.4, -0.2) is 54.2 Å². The van der Waals surface area contributed by atoms with Gasteiger partial charge in [0.15, 0.2) is 0 Å². The number of hydrogen-bond donors (Lipinski definition) is 2. The number of nitrogens with one attached hydrogen (secondary N) is 2. The van der Waals surface area contributed by atoms with Crippen molar-refractivity contribution in [2.24, 2.45) is 0 Å². The second-order valence-electron chi connectivity index (χ2n) is 4.90. The van der Waals surface area contributed by atoms with E-state index in [0.717, 1.165) is 63.9 Å². The molecule has 0 spiro atoms. The zero-order valence-electron chi connectivity index (χ0n) is 10.6. The van der Waals surface area contributed by atoms with E-state index in [9.17, 15) is 0 Å². The SMILES string of the molecule is c1nc(C2CCNCC2)nc(N2CCNCC2)n1. The molecule has 2 N–H and O–H groups in total. The van der Waals surface area contributed by atoms with E-state index >= 15 is 0 Å². The van der Waals surface area contributed by atoms with Gasteiger partial charge < -0.3 is 15.5 Å². The van der Waals surface area contributed by atoms with Crippen LogP contribution < -0.4 is 15.5 Å². The van der Waals surface area contributed by atoms with Gasteiger partial charge in [0.1, 0.15) is 12.2 Å². The molecule has 2 saturated heterocycles. The minimum Gasteiger partial charge on any atom is -0.338 e. The summed E-state index contributed by atoms with van der Waals surface area (Å²) in [7, 11) is 0. The fourth-order valence-electron chi connectivity index (χ4n) is 2.59. The summed E-state index contributed by atoms with van der Waals surface area (Å²) in [5.41, 5.74) is 0. The molecule has 0 aliphatic carbocycles. The largest absolute Gasteiger partial charge is 0.338 e. The maximum atomic E-state index is 4.67. The number of hydrogen-bond acceptors (Lipinski definition) is 6. The van der Waals surface area contributed by atoms with Crippen molar-refractivity contribution < 1.29 is 0 Å². The first kappa shape index (κ1) is 11.8. The summed E-state index contributed by atoms with van der Waals surface area (Å²) in [5, 5.41) is 6.71. The maximum absolute atomic E-state index is 4.67. The van der Waals surface area contributed by atoms with Crippen molar-refractivity contribution in [2.75, 3.05) is 44.2 Å². The van der Waals surface area contributed by atoms with Gasteiger partial charge in [0.25, 0.3) is 0 Å². The average Bonchev–Trinajstić information content (AvgIpc) is 2.49. The van der Waals surface area contributed by atoms with Crippen LogP contribution in [0.2, 0.25) is 0 Å². The number of aromatic nitrogens is 3. The molecule has 0 saturated carbocycles. The van der Waals surface area contributed by atoms with E-state index in [0.29, 0.717) is 5.92 Å². The summed E-state index contributed by atoms with van der Waals surface area (Å²) in [6.45, 7) is 6.12. The van der Waals surface area contributed by atoms with E-state index in [1.54, 1.807) is 6.33 Å². The molecular formula is C12H20N6. The number of piperazine rings is 1. The lowest BCUT2D eigenvalue weighted by Gasteiger charge is -2.28. The van der Waals surface area contributed by atoms with Crippen molar-refractivity contribution in [3.63, 3.8) is 0 Å². The first-order valence-electron chi connectivity index (χ1n) is 6.79. The summed E-state index contributed by atoms with van der Waals surface area (Å²) in [6.07, 6.45) is 3.93. The summed E-state index contributed by atoms with van der Waals surface area (Å²) >= 11 is 0. The lowest BCUT2D eigenvalue weighted by Crippen LogP contribution is -2.44. The van der Waals surface area contributed by atoms with Crippen LogP contribution in [0.1, 0.15) is 24.6 Å². The molecule has 0 bridgehead atoms. The molecule has 1 aromatic heterocycles. The maximum Gasteiger partial charge on any atom is 0.228 e. The first-order valence-corrected chi connectivity index (χ1v) is 6.79. The fraction of sp³-hybridized carbons (Fsp3) is 0.750. The minimum atomic E-state index is 0.496. The summed E-state index contributed by atoms with van der Waals surface area (Å²) in [4.78, 5) is 15.6. The molecule has 0 radical (unpaired) electrons. The van der Waals surface area contributed by atoms with Gasteiger partial charge in [-0.3, -0.25) is 0 Å². The molecule has 6 nitrogen and oxygen atoms in total. The second kappa shape index (κ2) is 5.58. The highest BCUT2D eigenvalue weighted by Crippen LogP contribution is 2.22. The first-order chi connectivity index (χ1) is 8.93.